The van der Waals surface area contributed by atoms with Crippen LogP contribution in [0.5, 0.6) is 0 Å². The summed E-state index contributed by atoms with van der Waals surface area (Å²) in [7, 11) is -17.4. The number of fused-ring (bicyclic) bond motifs is 1. The second-order valence-electron chi connectivity index (χ2n) is 9.60. The summed E-state index contributed by atoms with van der Waals surface area (Å²) in [5.74, 6) is -0.679. The third-order valence-corrected chi connectivity index (χ3v) is 12.6. The van der Waals surface area contributed by atoms with Gasteiger partial charge in [-0.3, -0.25) is 18.9 Å². The van der Waals surface area contributed by atoms with Crippen molar-refractivity contribution in [1.82, 2.24) is 19.5 Å². The highest BCUT2D eigenvalue weighted by Gasteiger charge is 2.40. The number of hydrogen-bond donors (Lipinski definition) is 6. The number of hydrogen-bond acceptors (Lipinski definition) is 15. The lowest BCUT2D eigenvalue weighted by Gasteiger charge is -2.19. The lowest BCUT2D eigenvalue weighted by atomic mass is 10.2. The Morgan fingerprint density at radius 1 is 1.11 bits per heavy atom. The molecule has 1 aliphatic rings. The van der Waals surface area contributed by atoms with Crippen LogP contribution in [-0.4, -0.2) is 98.0 Å². The molecule has 2 aromatic rings. The van der Waals surface area contributed by atoms with E-state index >= 15 is 0 Å². The SMILES string of the molecule is C=CS(=O)(=O)CCCCCCS(=O)(=O)CCSc1nc2c(=O)[nH]c(N)nc2n1[C@H]1C[C@H](O)[C@@H](COP(=O)(O)OP(=O)(O)O)O1. The van der Waals surface area contributed by atoms with E-state index in [1.54, 1.807) is 0 Å². The van der Waals surface area contributed by atoms with Gasteiger partial charge in [0.15, 0.2) is 36.0 Å². The van der Waals surface area contributed by atoms with Crippen LogP contribution in [0.1, 0.15) is 38.3 Å². The van der Waals surface area contributed by atoms with Crippen molar-refractivity contribution in [2.75, 3.05) is 35.4 Å². The van der Waals surface area contributed by atoms with Crippen molar-refractivity contribution in [2.45, 2.75) is 55.7 Å². The zero-order chi connectivity index (χ0) is 32.9. The summed E-state index contributed by atoms with van der Waals surface area (Å²) in [6.45, 7) is 2.42. The average Bonchev–Trinajstić information content (AvgIpc) is 3.43. The number of anilines is 1. The van der Waals surface area contributed by atoms with Crippen molar-refractivity contribution < 1.29 is 59.3 Å². The van der Waals surface area contributed by atoms with Gasteiger partial charge in [-0.1, -0.05) is 31.2 Å². The molecule has 1 aliphatic heterocycles. The van der Waals surface area contributed by atoms with Crippen molar-refractivity contribution in [3.8, 4) is 0 Å². The first-order valence-corrected chi connectivity index (χ1v) is 20.4. The Morgan fingerprint density at radius 2 is 1.77 bits per heavy atom. The van der Waals surface area contributed by atoms with E-state index in [2.05, 4.69) is 30.4 Å². The van der Waals surface area contributed by atoms with Crippen LogP contribution < -0.4 is 11.3 Å². The number of ether oxygens (including phenoxy) is 1. The monoisotopic (exact) mass is 725 g/mol. The van der Waals surface area contributed by atoms with Crippen LogP contribution in [0.15, 0.2) is 21.9 Å². The van der Waals surface area contributed by atoms with Crippen LogP contribution in [0.25, 0.3) is 11.2 Å². The van der Waals surface area contributed by atoms with Gasteiger partial charge in [0.25, 0.3) is 5.56 Å². The summed E-state index contributed by atoms with van der Waals surface area (Å²) < 4.78 is 86.0. The molecule has 0 aliphatic carbocycles. The molecular formula is C20H33N5O14P2S3. The Bertz CT molecular complexity index is 1710. The molecule has 1 fully saturated rings. The van der Waals surface area contributed by atoms with E-state index in [4.69, 9.17) is 20.3 Å². The van der Waals surface area contributed by atoms with Crippen molar-refractivity contribution >= 4 is 64.2 Å². The molecule has 250 valence electrons. The number of phosphoric ester groups is 1. The van der Waals surface area contributed by atoms with Crippen molar-refractivity contribution in [1.29, 1.82) is 0 Å². The number of unbranched alkanes of at least 4 members (excludes halogenated alkanes) is 3. The van der Waals surface area contributed by atoms with Gasteiger partial charge in [-0.05, 0) is 12.8 Å². The molecule has 0 spiro atoms. The van der Waals surface area contributed by atoms with Crippen LogP contribution in [-0.2, 0) is 42.4 Å². The van der Waals surface area contributed by atoms with E-state index in [0.29, 0.717) is 25.7 Å². The van der Waals surface area contributed by atoms with Gasteiger partial charge in [-0.25, -0.2) is 30.9 Å². The summed E-state index contributed by atoms with van der Waals surface area (Å²) in [6.07, 6.45) is -2.11. The summed E-state index contributed by atoms with van der Waals surface area (Å²) in [5, 5.41) is 11.5. The number of aromatic amines is 1. The Kier molecular flexibility index (Phi) is 12.4. The molecule has 0 radical (unpaired) electrons. The smallest absolute Gasteiger partial charge is 0.390 e. The molecule has 4 atom stereocenters. The minimum atomic E-state index is -5.37. The van der Waals surface area contributed by atoms with Gasteiger partial charge >= 0.3 is 15.6 Å². The molecule has 0 bridgehead atoms. The molecule has 24 heteroatoms. The molecule has 2 aromatic heterocycles. The number of nitrogen functional groups attached to an aromatic ring is 1. The maximum atomic E-state index is 12.6. The second-order valence-corrected chi connectivity index (χ2v) is 17.9. The maximum absolute atomic E-state index is 12.6. The number of aromatic nitrogens is 4. The molecule has 44 heavy (non-hydrogen) atoms. The first kappa shape index (κ1) is 36.8. The van der Waals surface area contributed by atoms with Crippen LogP contribution in [0.3, 0.4) is 0 Å². The van der Waals surface area contributed by atoms with Crippen molar-refractivity contribution in [3.63, 3.8) is 0 Å². The number of rotatable bonds is 18. The quantitative estimate of drug-likeness (QED) is 0.0679. The first-order chi connectivity index (χ1) is 20.3. The second kappa shape index (κ2) is 14.8. The molecule has 1 unspecified atom stereocenters. The molecule has 0 aromatic carbocycles. The fraction of sp³-hybridized carbons (Fsp3) is 0.650. The largest absolute Gasteiger partial charge is 0.481 e. The minimum absolute atomic E-state index is 0.00580. The zero-order valence-corrected chi connectivity index (χ0v) is 27.2. The van der Waals surface area contributed by atoms with Crippen LogP contribution >= 0.6 is 27.4 Å². The highest BCUT2D eigenvalue weighted by Crippen LogP contribution is 2.57. The van der Waals surface area contributed by atoms with Gasteiger partial charge < -0.3 is 30.3 Å². The zero-order valence-electron chi connectivity index (χ0n) is 23.0. The van der Waals surface area contributed by atoms with E-state index < -0.39 is 65.9 Å². The number of sulfone groups is 2. The van der Waals surface area contributed by atoms with Gasteiger partial charge in [0.2, 0.25) is 5.95 Å². The Labute approximate surface area is 255 Å². The number of nitrogens with two attached hydrogens (primary N) is 1. The van der Waals surface area contributed by atoms with Gasteiger partial charge in [-0.15, -0.1) is 0 Å². The number of nitrogens with zero attached hydrogens (tertiary/aromatic N) is 3. The number of H-pyrrole nitrogens is 1. The van der Waals surface area contributed by atoms with Crippen molar-refractivity contribution in [2.24, 2.45) is 0 Å². The fourth-order valence-corrected chi connectivity index (χ4v) is 9.37. The Balaban J connectivity index is 1.67. The average molecular weight is 726 g/mol. The minimum Gasteiger partial charge on any atom is -0.390 e. The molecule has 0 saturated carbocycles. The van der Waals surface area contributed by atoms with Crippen LogP contribution in [0.2, 0.25) is 0 Å². The van der Waals surface area contributed by atoms with E-state index in [-0.39, 0.29) is 51.7 Å². The highest BCUT2D eigenvalue weighted by molar-refractivity contribution is 8.00. The molecule has 3 heterocycles. The van der Waals surface area contributed by atoms with E-state index in [0.717, 1.165) is 17.2 Å². The number of aliphatic hydroxyl groups is 1. The summed E-state index contributed by atoms with van der Waals surface area (Å²) in [5.41, 5.74) is 4.79. The van der Waals surface area contributed by atoms with Gasteiger partial charge in [0, 0.05) is 17.6 Å². The standard InChI is InChI=1S/C20H33N5O14P2S3/c1-2-43(33,34)8-5-3-4-6-9-44(35,36)10-7-42-20-22-16-17(23-19(21)24-18(16)27)25(20)15-11-13(26)14(38-15)12-37-41(31,32)39-40(28,29)30/h2,13-15,26H,1,3-12H2,(H,31,32)(H2,28,29,30)(H3,21,23,24,27)/t13-,14+,15+/m0/s1. The van der Waals surface area contributed by atoms with E-state index in [9.17, 15) is 40.8 Å². The van der Waals surface area contributed by atoms with Crippen molar-refractivity contribution in [3.05, 3.63) is 22.3 Å². The Morgan fingerprint density at radius 3 is 2.41 bits per heavy atom. The maximum Gasteiger partial charge on any atom is 0.481 e. The summed E-state index contributed by atoms with van der Waals surface area (Å²) in [6, 6.07) is 0. The highest BCUT2D eigenvalue weighted by atomic mass is 32.2. The van der Waals surface area contributed by atoms with E-state index in [1.165, 1.54) is 4.57 Å². The normalized spacial score (nSPS) is 21.0. The number of aliphatic hydroxyl groups excluding tert-OH is 1. The fourth-order valence-electron chi connectivity index (χ4n) is 4.12. The van der Waals surface area contributed by atoms with Gasteiger partial charge in [0.1, 0.15) is 12.3 Å². The molecule has 19 nitrogen and oxygen atoms in total. The summed E-state index contributed by atoms with van der Waals surface area (Å²) in [4.78, 5) is 50.1. The molecular weight excluding hydrogens is 692 g/mol. The third kappa shape index (κ3) is 11.0. The molecule has 7 N–H and O–H groups in total. The lowest BCUT2D eigenvalue weighted by molar-refractivity contribution is -0.0448. The molecule has 3 rings (SSSR count). The Hall–Kier alpha value is -1.68. The van der Waals surface area contributed by atoms with E-state index in [1.807, 2.05) is 0 Å². The number of nitrogens with one attached hydrogen (secondary N) is 1. The van der Waals surface area contributed by atoms with Crippen LogP contribution in [0.4, 0.5) is 5.95 Å². The molecule has 1 saturated heterocycles. The molecule has 0 amide bonds. The number of thioether (sulfide) groups is 1. The van der Waals surface area contributed by atoms with Crippen LogP contribution in [0, 0.1) is 0 Å². The lowest BCUT2D eigenvalue weighted by Crippen LogP contribution is -2.26. The first-order valence-electron chi connectivity index (χ1n) is 12.9. The number of phosphoric acid groups is 2. The van der Waals surface area contributed by atoms with Gasteiger partial charge in [0.05, 0.1) is 30.0 Å². The predicted octanol–water partition coefficient (Wildman–Crippen LogP) is 0.202. The van der Waals surface area contributed by atoms with Gasteiger partial charge in [-0.2, -0.15) is 9.29 Å². The third-order valence-electron chi connectivity index (χ3n) is 6.15. The predicted molar refractivity (Wildman–Crippen MR) is 158 cm³/mol. The number of imidazole rings is 1. The topological polar surface area (TPSA) is 301 Å². The summed E-state index contributed by atoms with van der Waals surface area (Å²) >= 11 is 0.959.